The largest absolute Gasteiger partial charge is 0.294 e. The van der Waals surface area contributed by atoms with Gasteiger partial charge in [-0.05, 0) is 35.7 Å². The second-order valence-electron chi connectivity index (χ2n) is 4.69. The summed E-state index contributed by atoms with van der Waals surface area (Å²) in [4.78, 5) is 18.6. The Bertz CT molecular complexity index is 740. The molecule has 0 aliphatic carbocycles. The van der Waals surface area contributed by atoms with Crippen LogP contribution in [0.4, 0.5) is 8.78 Å². The van der Waals surface area contributed by atoms with Crippen molar-refractivity contribution in [2.45, 2.75) is 18.9 Å². The molecule has 0 bridgehead atoms. The molecule has 0 N–H and O–H groups in total. The molecule has 1 atom stereocenters. The summed E-state index contributed by atoms with van der Waals surface area (Å²) in [6.45, 7) is 0. The monoisotopic (exact) mass is 336 g/mol. The maximum Gasteiger partial charge on any atom is 0.168 e. The number of benzene rings is 1. The standard InChI is InChI=1S/C15H11ClF2N4O/c16-14-7-4-9(8-20-14)12(21-22-19)5-6-13(23)15-10(17)2-1-3-11(15)18/h1-4,7-8,12H,5-6H2. The first kappa shape index (κ1) is 16.9. The van der Waals surface area contributed by atoms with E-state index < -0.39 is 29.0 Å². The smallest absolute Gasteiger partial charge is 0.168 e. The third-order valence-corrected chi connectivity index (χ3v) is 3.44. The van der Waals surface area contributed by atoms with Gasteiger partial charge >= 0.3 is 0 Å². The van der Waals surface area contributed by atoms with E-state index in [2.05, 4.69) is 15.0 Å². The quantitative estimate of drug-likeness (QED) is 0.244. The highest BCUT2D eigenvalue weighted by atomic mass is 35.5. The zero-order valence-electron chi connectivity index (χ0n) is 11.8. The van der Waals surface area contributed by atoms with Crippen LogP contribution in [0.25, 0.3) is 10.4 Å². The van der Waals surface area contributed by atoms with Crippen molar-refractivity contribution in [1.29, 1.82) is 0 Å². The van der Waals surface area contributed by atoms with Crippen LogP contribution in [0.2, 0.25) is 5.15 Å². The first-order valence-corrected chi connectivity index (χ1v) is 7.03. The number of pyridine rings is 1. The first-order chi connectivity index (χ1) is 11.0. The normalized spacial score (nSPS) is 11.6. The lowest BCUT2D eigenvalue weighted by atomic mass is 9.99. The van der Waals surface area contributed by atoms with Gasteiger partial charge in [-0.1, -0.05) is 28.8 Å². The Kier molecular flexibility index (Phi) is 5.62. The van der Waals surface area contributed by atoms with E-state index in [-0.39, 0.29) is 18.0 Å². The van der Waals surface area contributed by atoms with Gasteiger partial charge in [0.1, 0.15) is 16.8 Å². The van der Waals surface area contributed by atoms with Gasteiger partial charge in [-0.15, -0.1) is 0 Å². The molecule has 5 nitrogen and oxygen atoms in total. The van der Waals surface area contributed by atoms with Crippen molar-refractivity contribution in [3.8, 4) is 0 Å². The molecule has 0 radical (unpaired) electrons. The predicted octanol–water partition coefficient (Wildman–Crippen LogP) is 5.03. The lowest BCUT2D eigenvalue weighted by Gasteiger charge is -2.11. The predicted molar refractivity (Wildman–Crippen MR) is 81.1 cm³/mol. The molecule has 0 saturated heterocycles. The Morgan fingerprint density at radius 1 is 1.30 bits per heavy atom. The fourth-order valence-electron chi connectivity index (χ4n) is 2.09. The van der Waals surface area contributed by atoms with E-state index in [1.165, 1.54) is 18.3 Å². The third-order valence-electron chi connectivity index (χ3n) is 3.21. The van der Waals surface area contributed by atoms with Gasteiger partial charge in [-0.2, -0.15) is 0 Å². The van der Waals surface area contributed by atoms with Gasteiger partial charge in [-0.25, -0.2) is 13.8 Å². The highest BCUT2D eigenvalue weighted by Gasteiger charge is 2.19. The molecule has 1 aromatic carbocycles. The summed E-state index contributed by atoms with van der Waals surface area (Å²) in [6.07, 6.45) is 1.35. The van der Waals surface area contributed by atoms with Crippen LogP contribution in [0.1, 0.15) is 34.8 Å². The number of hydrogen-bond acceptors (Lipinski definition) is 3. The summed E-state index contributed by atoms with van der Waals surface area (Å²) in [5, 5.41) is 3.87. The molecular weight excluding hydrogens is 326 g/mol. The summed E-state index contributed by atoms with van der Waals surface area (Å²) in [7, 11) is 0. The highest BCUT2D eigenvalue weighted by molar-refractivity contribution is 6.29. The number of azide groups is 1. The molecule has 0 amide bonds. The lowest BCUT2D eigenvalue weighted by Crippen LogP contribution is -2.08. The fraction of sp³-hybridized carbons (Fsp3) is 0.200. The molecule has 0 aliphatic rings. The number of nitrogens with zero attached hydrogens (tertiary/aromatic N) is 4. The number of ketones is 1. The van der Waals surface area contributed by atoms with Gasteiger partial charge in [0.05, 0.1) is 11.6 Å². The van der Waals surface area contributed by atoms with E-state index in [1.807, 2.05) is 0 Å². The SMILES string of the molecule is [N-]=[N+]=NC(CCC(=O)c1c(F)cccc1F)c1ccc(Cl)nc1. The van der Waals surface area contributed by atoms with E-state index in [9.17, 15) is 13.6 Å². The van der Waals surface area contributed by atoms with Gasteiger partial charge in [0.25, 0.3) is 0 Å². The van der Waals surface area contributed by atoms with Crippen LogP contribution in [0.15, 0.2) is 41.6 Å². The Morgan fingerprint density at radius 3 is 2.57 bits per heavy atom. The Hall–Kier alpha value is -2.50. The van der Waals surface area contributed by atoms with E-state index in [0.29, 0.717) is 5.56 Å². The highest BCUT2D eigenvalue weighted by Crippen LogP contribution is 2.25. The molecule has 2 rings (SSSR count). The van der Waals surface area contributed by atoms with E-state index in [4.69, 9.17) is 17.1 Å². The molecule has 8 heteroatoms. The second-order valence-corrected chi connectivity index (χ2v) is 5.08. The number of Topliss-reactive ketones (excluding diaryl/α,β-unsaturated/α-hetero) is 1. The van der Waals surface area contributed by atoms with Crippen molar-refractivity contribution >= 4 is 17.4 Å². The lowest BCUT2D eigenvalue weighted by molar-refractivity contribution is 0.0969. The molecule has 0 saturated carbocycles. The van der Waals surface area contributed by atoms with Crippen LogP contribution in [0.5, 0.6) is 0 Å². The molecule has 1 heterocycles. The number of carbonyl (C=O) groups is 1. The molecule has 118 valence electrons. The van der Waals surface area contributed by atoms with Gasteiger partial charge < -0.3 is 0 Å². The van der Waals surface area contributed by atoms with E-state index in [1.54, 1.807) is 6.07 Å². The summed E-state index contributed by atoms with van der Waals surface area (Å²) in [6, 6.07) is 5.68. The Labute approximate surface area is 135 Å². The summed E-state index contributed by atoms with van der Waals surface area (Å²) >= 11 is 5.68. The average Bonchev–Trinajstić information content (AvgIpc) is 2.52. The van der Waals surface area contributed by atoms with E-state index >= 15 is 0 Å². The van der Waals surface area contributed by atoms with Crippen LogP contribution in [-0.4, -0.2) is 10.8 Å². The van der Waals surface area contributed by atoms with Crippen molar-refractivity contribution in [2.24, 2.45) is 5.11 Å². The summed E-state index contributed by atoms with van der Waals surface area (Å²) < 4.78 is 27.1. The van der Waals surface area contributed by atoms with Crippen molar-refractivity contribution in [1.82, 2.24) is 4.98 Å². The molecule has 0 fully saturated rings. The number of hydrogen-bond donors (Lipinski definition) is 0. The minimum Gasteiger partial charge on any atom is -0.294 e. The van der Waals surface area contributed by atoms with Crippen molar-refractivity contribution in [3.05, 3.63) is 74.9 Å². The molecule has 0 aliphatic heterocycles. The first-order valence-electron chi connectivity index (χ1n) is 6.65. The Balaban J connectivity index is 2.14. The van der Waals surface area contributed by atoms with Crippen LogP contribution in [0, 0.1) is 11.6 Å². The van der Waals surface area contributed by atoms with E-state index in [0.717, 1.165) is 12.1 Å². The van der Waals surface area contributed by atoms with Crippen molar-refractivity contribution < 1.29 is 13.6 Å². The third kappa shape index (κ3) is 4.25. The zero-order chi connectivity index (χ0) is 16.8. The maximum atomic E-state index is 13.6. The summed E-state index contributed by atoms with van der Waals surface area (Å²) in [5.74, 6) is -2.52. The minimum atomic E-state index is -0.913. The van der Waals surface area contributed by atoms with Crippen LogP contribution in [-0.2, 0) is 0 Å². The minimum absolute atomic E-state index is 0.0972. The summed E-state index contributed by atoms with van der Waals surface area (Å²) in [5.41, 5.74) is 8.61. The Morgan fingerprint density at radius 2 is 2.00 bits per heavy atom. The van der Waals surface area contributed by atoms with Crippen molar-refractivity contribution in [3.63, 3.8) is 0 Å². The zero-order valence-corrected chi connectivity index (χ0v) is 12.5. The number of rotatable bonds is 6. The van der Waals surface area contributed by atoms with Crippen LogP contribution < -0.4 is 0 Å². The topological polar surface area (TPSA) is 78.7 Å². The molecule has 1 unspecified atom stereocenters. The molecule has 1 aromatic heterocycles. The molecular formula is C15H11ClF2N4O. The molecule has 0 spiro atoms. The van der Waals surface area contributed by atoms with Gasteiger partial charge in [0.2, 0.25) is 0 Å². The fourth-order valence-corrected chi connectivity index (χ4v) is 2.21. The van der Waals surface area contributed by atoms with Crippen LogP contribution in [0.3, 0.4) is 0 Å². The van der Waals surface area contributed by atoms with Gasteiger partial charge in [0.15, 0.2) is 5.78 Å². The van der Waals surface area contributed by atoms with Crippen LogP contribution >= 0.6 is 11.6 Å². The van der Waals surface area contributed by atoms with Gasteiger partial charge in [-0.3, -0.25) is 4.79 Å². The average molecular weight is 337 g/mol. The van der Waals surface area contributed by atoms with Crippen molar-refractivity contribution in [2.75, 3.05) is 0 Å². The maximum absolute atomic E-state index is 13.6. The number of aromatic nitrogens is 1. The number of carbonyl (C=O) groups excluding carboxylic acids is 1. The molecule has 2 aromatic rings. The molecule has 23 heavy (non-hydrogen) atoms. The van der Waals surface area contributed by atoms with Gasteiger partial charge in [0, 0.05) is 17.5 Å². The number of halogens is 3. The second kappa shape index (κ2) is 7.67.